The van der Waals surface area contributed by atoms with Crippen molar-refractivity contribution >= 4 is 34.7 Å². The van der Waals surface area contributed by atoms with Crippen molar-refractivity contribution in [1.29, 1.82) is 0 Å². The van der Waals surface area contributed by atoms with Gasteiger partial charge in [-0.2, -0.15) is 11.8 Å². The normalized spacial score (nSPS) is 19.2. The molecule has 0 saturated carbocycles. The van der Waals surface area contributed by atoms with E-state index in [1.54, 1.807) is 12.1 Å². The largest absolute Gasteiger partial charge is 0.378 e. The van der Waals surface area contributed by atoms with Gasteiger partial charge in [-0.15, -0.1) is 0 Å². The van der Waals surface area contributed by atoms with E-state index in [2.05, 4.69) is 5.32 Å². The Bertz CT molecular complexity index is 422. The first-order valence-corrected chi connectivity index (χ1v) is 6.89. The Morgan fingerprint density at radius 1 is 1.59 bits per heavy atom. The van der Waals surface area contributed by atoms with Crippen LogP contribution in [-0.2, 0) is 0 Å². The van der Waals surface area contributed by atoms with Crippen LogP contribution >= 0.6 is 23.4 Å². The van der Waals surface area contributed by atoms with Crippen molar-refractivity contribution in [1.82, 2.24) is 0 Å². The van der Waals surface area contributed by atoms with E-state index < -0.39 is 4.92 Å². The van der Waals surface area contributed by atoms with Gasteiger partial charge in [0.25, 0.3) is 5.69 Å². The molecule has 1 aliphatic rings. The minimum absolute atomic E-state index is 0.0421. The first-order valence-electron chi connectivity index (χ1n) is 5.46. The van der Waals surface area contributed by atoms with Crippen LogP contribution in [-0.4, -0.2) is 22.5 Å². The van der Waals surface area contributed by atoms with Crippen LogP contribution in [0.1, 0.15) is 12.8 Å². The summed E-state index contributed by atoms with van der Waals surface area (Å²) < 4.78 is 0. The fourth-order valence-corrected chi connectivity index (χ4v) is 3.20. The Kier molecular flexibility index (Phi) is 4.12. The van der Waals surface area contributed by atoms with Gasteiger partial charge in [0, 0.05) is 22.9 Å². The molecule has 6 heteroatoms. The zero-order chi connectivity index (χ0) is 12.3. The van der Waals surface area contributed by atoms with Gasteiger partial charge in [0.15, 0.2) is 0 Å². The minimum atomic E-state index is -0.407. The molecule has 1 aliphatic heterocycles. The first-order chi connectivity index (χ1) is 8.16. The van der Waals surface area contributed by atoms with E-state index in [9.17, 15) is 10.1 Å². The average Bonchev–Trinajstić information content (AvgIpc) is 2.80. The molecule has 4 nitrogen and oxygen atoms in total. The first kappa shape index (κ1) is 12.5. The van der Waals surface area contributed by atoms with E-state index in [0.717, 1.165) is 6.54 Å². The van der Waals surface area contributed by atoms with Crippen molar-refractivity contribution < 1.29 is 4.92 Å². The number of hydrogen-bond donors (Lipinski definition) is 1. The molecule has 1 N–H and O–H groups in total. The van der Waals surface area contributed by atoms with Gasteiger partial charge >= 0.3 is 0 Å². The summed E-state index contributed by atoms with van der Waals surface area (Å²) in [6.07, 6.45) is 2.42. The molecule has 1 saturated heterocycles. The van der Waals surface area contributed by atoms with Crippen LogP contribution in [0.25, 0.3) is 0 Å². The summed E-state index contributed by atoms with van der Waals surface area (Å²) in [6.45, 7) is 0.771. The molecule has 0 aliphatic carbocycles. The summed E-state index contributed by atoms with van der Waals surface area (Å²) in [7, 11) is 0. The van der Waals surface area contributed by atoms with Crippen molar-refractivity contribution in [3.8, 4) is 0 Å². The molecule has 1 aromatic carbocycles. The lowest BCUT2D eigenvalue weighted by Gasteiger charge is -2.11. The zero-order valence-corrected chi connectivity index (χ0v) is 10.8. The predicted molar refractivity (Wildman–Crippen MR) is 72.1 cm³/mol. The number of nitrogens with zero attached hydrogens (tertiary/aromatic N) is 1. The van der Waals surface area contributed by atoms with E-state index >= 15 is 0 Å². The van der Waals surface area contributed by atoms with Gasteiger partial charge in [0.05, 0.1) is 4.92 Å². The van der Waals surface area contributed by atoms with E-state index in [1.165, 1.54) is 24.7 Å². The molecule has 0 aromatic heterocycles. The number of thioether (sulfide) groups is 1. The third kappa shape index (κ3) is 3.26. The van der Waals surface area contributed by atoms with E-state index in [1.807, 2.05) is 11.8 Å². The molecule has 17 heavy (non-hydrogen) atoms. The molecule has 1 atom stereocenters. The van der Waals surface area contributed by atoms with Gasteiger partial charge < -0.3 is 5.32 Å². The molecule has 1 unspecified atom stereocenters. The highest BCUT2D eigenvalue weighted by molar-refractivity contribution is 8.00. The van der Waals surface area contributed by atoms with Crippen molar-refractivity contribution in [2.45, 2.75) is 18.1 Å². The molecule has 0 amide bonds. The molecule has 1 fully saturated rings. The number of hydrogen-bond acceptors (Lipinski definition) is 4. The van der Waals surface area contributed by atoms with Crippen LogP contribution in [0.15, 0.2) is 18.2 Å². The Morgan fingerprint density at radius 2 is 2.41 bits per heavy atom. The number of anilines is 1. The number of rotatable bonds is 4. The number of nitro benzene ring substituents is 1. The summed E-state index contributed by atoms with van der Waals surface area (Å²) in [5.74, 6) is 1.19. The number of nitrogens with one attached hydrogen (secondary N) is 1. The second kappa shape index (κ2) is 5.60. The van der Waals surface area contributed by atoms with Crippen molar-refractivity contribution in [3.05, 3.63) is 33.3 Å². The van der Waals surface area contributed by atoms with E-state index in [4.69, 9.17) is 11.6 Å². The molecule has 92 valence electrons. The third-order valence-corrected chi connectivity index (χ3v) is 4.33. The molecule has 1 heterocycles. The fourth-order valence-electron chi connectivity index (χ4n) is 1.83. The van der Waals surface area contributed by atoms with Crippen LogP contribution in [0, 0.1) is 10.1 Å². The van der Waals surface area contributed by atoms with Crippen molar-refractivity contribution in [2.24, 2.45) is 0 Å². The fraction of sp³-hybridized carbons (Fsp3) is 0.455. The van der Waals surface area contributed by atoms with Crippen LogP contribution < -0.4 is 5.32 Å². The topological polar surface area (TPSA) is 55.2 Å². The Labute approximate surface area is 109 Å². The molecule has 2 rings (SSSR count). The Hall–Kier alpha value is -0.940. The predicted octanol–water partition coefficient (Wildman–Crippen LogP) is 3.56. The maximum Gasteiger partial charge on any atom is 0.293 e. The van der Waals surface area contributed by atoms with Gasteiger partial charge in [0.1, 0.15) is 5.69 Å². The summed E-state index contributed by atoms with van der Waals surface area (Å²) in [4.78, 5) is 10.5. The quantitative estimate of drug-likeness (QED) is 0.673. The SMILES string of the molecule is O=[N+]([O-])c1cc(Cl)ccc1NCC1CCCS1. The number of nitro groups is 1. The van der Waals surface area contributed by atoms with Gasteiger partial charge in [-0.3, -0.25) is 10.1 Å². The summed E-state index contributed by atoms with van der Waals surface area (Å²) in [5, 5.41) is 15.0. The molecule has 1 aromatic rings. The van der Waals surface area contributed by atoms with Gasteiger partial charge in [-0.05, 0) is 30.7 Å². The smallest absolute Gasteiger partial charge is 0.293 e. The van der Waals surface area contributed by atoms with Crippen molar-refractivity contribution in [3.63, 3.8) is 0 Å². The highest BCUT2D eigenvalue weighted by atomic mass is 35.5. The van der Waals surface area contributed by atoms with Crippen LogP contribution in [0.5, 0.6) is 0 Å². The maximum atomic E-state index is 10.9. The Balaban J connectivity index is 2.06. The third-order valence-electron chi connectivity index (χ3n) is 2.70. The molecule has 0 bridgehead atoms. The lowest BCUT2D eigenvalue weighted by Crippen LogP contribution is -2.14. The lowest BCUT2D eigenvalue weighted by atomic mass is 10.2. The van der Waals surface area contributed by atoms with E-state index in [-0.39, 0.29) is 5.69 Å². The highest BCUT2D eigenvalue weighted by Crippen LogP contribution is 2.30. The lowest BCUT2D eigenvalue weighted by molar-refractivity contribution is -0.383. The standard InChI is InChI=1S/C11H13ClN2O2S/c12-8-3-4-10(11(6-8)14(15)16)13-7-9-2-1-5-17-9/h3-4,6,9,13H,1-2,5,7H2. The maximum absolute atomic E-state index is 10.9. The summed E-state index contributed by atoms with van der Waals surface area (Å²) in [6, 6.07) is 4.71. The van der Waals surface area contributed by atoms with Crippen LogP contribution in [0.2, 0.25) is 5.02 Å². The Morgan fingerprint density at radius 3 is 3.06 bits per heavy atom. The highest BCUT2D eigenvalue weighted by Gasteiger charge is 2.18. The zero-order valence-electron chi connectivity index (χ0n) is 9.19. The monoisotopic (exact) mass is 272 g/mol. The van der Waals surface area contributed by atoms with Gasteiger partial charge in [0.2, 0.25) is 0 Å². The number of halogens is 1. The molecular weight excluding hydrogens is 260 g/mol. The molecular formula is C11H13ClN2O2S. The minimum Gasteiger partial charge on any atom is -0.378 e. The van der Waals surface area contributed by atoms with Gasteiger partial charge in [-0.25, -0.2) is 0 Å². The van der Waals surface area contributed by atoms with Crippen LogP contribution in [0.3, 0.4) is 0 Å². The number of benzene rings is 1. The van der Waals surface area contributed by atoms with Gasteiger partial charge in [-0.1, -0.05) is 11.6 Å². The second-order valence-electron chi connectivity index (χ2n) is 3.93. The summed E-state index contributed by atoms with van der Waals surface area (Å²) >= 11 is 7.67. The second-order valence-corrected chi connectivity index (χ2v) is 5.78. The van der Waals surface area contributed by atoms with Crippen molar-refractivity contribution in [2.75, 3.05) is 17.6 Å². The average molecular weight is 273 g/mol. The molecule has 0 radical (unpaired) electrons. The molecule has 0 spiro atoms. The van der Waals surface area contributed by atoms with Crippen LogP contribution in [0.4, 0.5) is 11.4 Å². The van der Waals surface area contributed by atoms with E-state index in [0.29, 0.717) is 16.0 Å². The summed E-state index contributed by atoms with van der Waals surface area (Å²) in [5.41, 5.74) is 0.590.